The zero-order chi connectivity index (χ0) is 28.2. The Morgan fingerprint density at radius 1 is 0.718 bits per heavy atom. The first-order valence-corrected chi connectivity index (χ1v) is 11.9. The molecule has 0 spiro atoms. The highest BCUT2D eigenvalue weighted by molar-refractivity contribution is 5.91. The molecule has 10 heteroatoms. The topological polar surface area (TPSA) is 145 Å². The molecule has 4 unspecified atom stereocenters. The van der Waals surface area contributed by atoms with Crippen LogP contribution in [0.2, 0.25) is 0 Å². The predicted octanol–water partition coefficient (Wildman–Crippen LogP) is 2.36. The number of aliphatic hydroxyl groups is 1. The Bertz CT molecular complexity index is 1270. The average Bonchev–Trinajstić information content (AvgIpc) is 2.97. The molecular weight excluding hydrogens is 506 g/mol. The van der Waals surface area contributed by atoms with Crippen LogP contribution in [-0.2, 0) is 23.8 Å². The lowest BCUT2D eigenvalue weighted by Gasteiger charge is -2.33. The van der Waals surface area contributed by atoms with Crippen molar-refractivity contribution in [2.45, 2.75) is 31.3 Å². The van der Waals surface area contributed by atoms with Crippen molar-refractivity contribution in [2.75, 3.05) is 6.61 Å². The summed E-state index contributed by atoms with van der Waals surface area (Å²) < 4.78 is 16.3. The predicted molar refractivity (Wildman–Crippen MR) is 138 cm³/mol. The van der Waals surface area contributed by atoms with Gasteiger partial charge in [0.15, 0.2) is 12.2 Å². The summed E-state index contributed by atoms with van der Waals surface area (Å²) in [7, 11) is 0. The van der Waals surface area contributed by atoms with Gasteiger partial charge in [-0.1, -0.05) is 54.6 Å². The summed E-state index contributed by atoms with van der Waals surface area (Å²) in [5.74, 6) is -3.24. The van der Waals surface area contributed by atoms with Crippen molar-refractivity contribution in [1.29, 1.82) is 0 Å². The first kappa shape index (κ1) is 28.7. The van der Waals surface area contributed by atoms with Gasteiger partial charge in [0.25, 0.3) is 0 Å². The van der Waals surface area contributed by atoms with E-state index in [9.17, 15) is 29.1 Å². The van der Waals surface area contributed by atoms with Gasteiger partial charge in [0.1, 0.15) is 25.0 Å². The highest BCUT2D eigenvalue weighted by Crippen LogP contribution is 2.19. The smallest absolute Gasteiger partial charge is 0.338 e. The third-order valence-electron chi connectivity index (χ3n) is 5.47. The van der Waals surface area contributed by atoms with E-state index in [-0.39, 0.29) is 23.0 Å². The fraction of sp³-hybridized carbons (Fsp3) is 0.207. The lowest BCUT2D eigenvalue weighted by molar-refractivity contribution is -0.131. The maximum atomic E-state index is 13.0. The molecule has 39 heavy (non-hydrogen) atoms. The molecule has 0 aliphatic rings. The molecule has 3 aromatic carbocycles. The van der Waals surface area contributed by atoms with E-state index >= 15 is 0 Å². The molecule has 0 fully saturated rings. The Labute approximate surface area is 224 Å². The lowest BCUT2D eigenvalue weighted by Crippen LogP contribution is -2.56. The van der Waals surface area contributed by atoms with Crippen LogP contribution in [-0.4, -0.2) is 66.2 Å². The van der Waals surface area contributed by atoms with Crippen molar-refractivity contribution in [1.82, 2.24) is 5.32 Å². The van der Waals surface area contributed by atoms with Crippen molar-refractivity contribution in [3.8, 4) is 0 Å². The molecule has 0 bridgehead atoms. The summed E-state index contributed by atoms with van der Waals surface area (Å²) >= 11 is 0. The van der Waals surface area contributed by atoms with Crippen LogP contribution in [0.5, 0.6) is 0 Å². The molecule has 4 atom stereocenters. The Morgan fingerprint density at radius 2 is 1.13 bits per heavy atom. The van der Waals surface area contributed by atoms with Gasteiger partial charge in [-0.25, -0.2) is 14.4 Å². The number of aldehydes is 1. The van der Waals surface area contributed by atoms with E-state index in [0.717, 1.165) is 6.92 Å². The van der Waals surface area contributed by atoms with Crippen molar-refractivity contribution >= 4 is 30.1 Å². The number of amides is 1. The van der Waals surface area contributed by atoms with Crippen LogP contribution in [0.4, 0.5) is 0 Å². The SMILES string of the molecule is CC(=O)NC(C=O)C(OC(=O)c1ccccc1)C(OC(=O)c1ccccc1)C(O)COC(=O)c1ccccc1. The van der Waals surface area contributed by atoms with Crippen molar-refractivity contribution in [2.24, 2.45) is 0 Å². The van der Waals surface area contributed by atoms with Crippen LogP contribution >= 0.6 is 0 Å². The zero-order valence-corrected chi connectivity index (χ0v) is 21.0. The number of benzene rings is 3. The quantitative estimate of drug-likeness (QED) is 0.204. The van der Waals surface area contributed by atoms with Crippen LogP contribution in [0.25, 0.3) is 0 Å². The number of esters is 3. The number of nitrogens with one attached hydrogen (secondary N) is 1. The number of aliphatic hydroxyl groups excluding tert-OH is 1. The van der Waals surface area contributed by atoms with Crippen molar-refractivity contribution in [3.05, 3.63) is 108 Å². The second-order valence-electron chi connectivity index (χ2n) is 8.37. The van der Waals surface area contributed by atoms with E-state index in [1.807, 2.05) is 0 Å². The minimum atomic E-state index is -1.77. The number of hydrogen-bond donors (Lipinski definition) is 2. The Hall–Kier alpha value is -4.83. The fourth-order valence-corrected chi connectivity index (χ4v) is 3.58. The molecule has 1 amide bonds. The third-order valence-corrected chi connectivity index (χ3v) is 5.47. The van der Waals surface area contributed by atoms with Gasteiger partial charge in [0, 0.05) is 6.92 Å². The van der Waals surface area contributed by atoms with Gasteiger partial charge in [-0.05, 0) is 36.4 Å². The Kier molecular flexibility index (Phi) is 10.5. The molecule has 0 saturated carbocycles. The van der Waals surface area contributed by atoms with Gasteiger partial charge >= 0.3 is 17.9 Å². The van der Waals surface area contributed by atoms with E-state index in [1.54, 1.807) is 54.6 Å². The van der Waals surface area contributed by atoms with E-state index in [1.165, 1.54) is 36.4 Å². The summed E-state index contributed by atoms with van der Waals surface area (Å²) in [6.45, 7) is 0.446. The first-order valence-electron chi connectivity index (χ1n) is 11.9. The summed E-state index contributed by atoms with van der Waals surface area (Å²) in [5, 5.41) is 13.4. The van der Waals surface area contributed by atoms with Crippen LogP contribution in [0, 0.1) is 0 Å². The van der Waals surface area contributed by atoms with Gasteiger partial charge in [0.2, 0.25) is 5.91 Å². The van der Waals surface area contributed by atoms with E-state index in [4.69, 9.17) is 14.2 Å². The first-order chi connectivity index (χ1) is 18.8. The van der Waals surface area contributed by atoms with E-state index in [0.29, 0.717) is 0 Å². The minimum absolute atomic E-state index is 0.103. The van der Waals surface area contributed by atoms with Crippen LogP contribution in [0.15, 0.2) is 91.0 Å². The molecular formula is C29H27NO9. The highest BCUT2D eigenvalue weighted by atomic mass is 16.6. The molecule has 0 aliphatic heterocycles. The minimum Gasteiger partial charge on any atom is -0.459 e. The molecule has 0 saturated heterocycles. The number of carbonyl (C=O) groups is 5. The van der Waals surface area contributed by atoms with Crippen LogP contribution < -0.4 is 5.32 Å². The van der Waals surface area contributed by atoms with Crippen LogP contribution in [0.3, 0.4) is 0 Å². The lowest BCUT2D eigenvalue weighted by atomic mass is 10.0. The summed E-state index contributed by atoms with van der Waals surface area (Å²) in [6.07, 6.45) is -4.92. The summed E-state index contributed by atoms with van der Waals surface area (Å²) in [5.41, 5.74) is 0.415. The molecule has 0 aliphatic carbocycles. The maximum absolute atomic E-state index is 13.0. The fourth-order valence-electron chi connectivity index (χ4n) is 3.58. The number of carbonyl (C=O) groups excluding carboxylic acids is 5. The summed E-state index contributed by atoms with van der Waals surface area (Å²) in [6, 6.07) is 22.0. The number of hydrogen-bond acceptors (Lipinski definition) is 9. The molecule has 0 heterocycles. The molecule has 2 N–H and O–H groups in total. The van der Waals surface area contributed by atoms with E-state index in [2.05, 4.69) is 5.32 Å². The number of rotatable bonds is 12. The zero-order valence-electron chi connectivity index (χ0n) is 21.0. The Morgan fingerprint density at radius 3 is 1.54 bits per heavy atom. The second kappa shape index (κ2) is 14.2. The second-order valence-corrected chi connectivity index (χ2v) is 8.37. The molecule has 3 aromatic rings. The largest absolute Gasteiger partial charge is 0.459 e. The molecule has 0 aromatic heterocycles. The summed E-state index contributed by atoms with van der Waals surface area (Å²) in [4.78, 5) is 62.2. The van der Waals surface area contributed by atoms with Crippen LogP contribution in [0.1, 0.15) is 38.0 Å². The normalized spacial score (nSPS) is 13.6. The van der Waals surface area contributed by atoms with Gasteiger partial charge in [-0.2, -0.15) is 0 Å². The standard InChI is InChI=1S/C29H27NO9/c1-19(32)30-23(17-31)25(38-28(35)21-13-7-3-8-14-21)26(39-29(36)22-15-9-4-10-16-22)24(33)18-37-27(34)20-11-5-2-6-12-20/h2-17,23-26,33H,18H2,1H3,(H,30,32). The van der Waals surface area contributed by atoms with Crippen molar-refractivity contribution < 1.29 is 43.3 Å². The average molecular weight is 534 g/mol. The molecule has 3 rings (SSSR count). The van der Waals surface area contributed by atoms with Gasteiger partial charge < -0.3 is 29.4 Å². The van der Waals surface area contributed by atoms with Crippen molar-refractivity contribution in [3.63, 3.8) is 0 Å². The molecule has 0 radical (unpaired) electrons. The Balaban J connectivity index is 1.93. The number of ether oxygens (including phenoxy) is 3. The van der Waals surface area contributed by atoms with E-state index < -0.39 is 54.8 Å². The molecule has 202 valence electrons. The third kappa shape index (κ3) is 8.34. The van der Waals surface area contributed by atoms with Gasteiger partial charge in [0.05, 0.1) is 16.7 Å². The monoisotopic (exact) mass is 533 g/mol. The molecule has 10 nitrogen and oxygen atoms in total. The highest BCUT2D eigenvalue weighted by Gasteiger charge is 2.41. The van der Waals surface area contributed by atoms with Gasteiger partial charge in [-0.15, -0.1) is 0 Å². The van der Waals surface area contributed by atoms with Gasteiger partial charge in [-0.3, -0.25) is 4.79 Å². The maximum Gasteiger partial charge on any atom is 0.338 e.